The first-order chi connectivity index (χ1) is 13.0. The molecule has 0 fully saturated rings. The smallest absolute Gasteiger partial charge is 0.339 e. The minimum absolute atomic E-state index is 0.0187. The van der Waals surface area contributed by atoms with Gasteiger partial charge in [-0.3, -0.25) is 14.3 Å². The molecule has 0 radical (unpaired) electrons. The molecule has 0 saturated carbocycles. The third-order valence-corrected chi connectivity index (χ3v) is 4.03. The average molecular weight is 369 g/mol. The molecule has 0 saturated heterocycles. The van der Waals surface area contributed by atoms with E-state index in [4.69, 9.17) is 9.47 Å². The fourth-order valence-electron chi connectivity index (χ4n) is 2.74. The monoisotopic (exact) mass is 369 g/mol. The summed E-state index contributed by atoms with van der Waals surface area (Å²) in [5, 5.41) is 0.0187. The highest BCUT2D eigenvalue weighted by Gasteiger charge is 2.20. The quantitative estimate of drug-likeness (QED) is 0.689. The second-order valence-corrected chi connectivity index (χ2v) is 5.75. The minimum Gasteiger partial charge on any atom is -0.494 e. The molecule has 0 aliphatic heterocycles. The summed E-state index contributed by atoms with van der Waals surface area (Å²) in [6.07, 6.45) is 0. The van der Waals surface area contributed by atoms with E-state index in [1.165, 1.54) is 17.7 Å². The first-order valence-electron chi connectivity index (χ1n) is 8.50. The fraction of sp³-hybridized carbons (Fsp3) is 0.263. The number of esters is 1. The van der Waals surface area contributed by atoms with E-state index in [1.54, 1.807) is 31.2 Å². The van der Waals surface area contributed by atoms with Crippen molar-refractivity contribution in [3.05, 3.63) is 56.7 Å². The molecular formula is C19H19N3O5. The van der Waals surface area contributed by atoms with Crippen molar-refractivity contribution in [3.8, 4) is 17.0 Å². The van der Waals surface area contributed by atoms with Gasteiger partial charge in [-0.2, -0.15) is 0 Å². The Kier molecular flexibility index (Phi) is 5.07. The van der Waals surface area contributed by atoms with E-state index in [0.29, 0.717) is 23.6 Å². The number of pyridine rings is 1. The number of benzene rings is 1. The van der Waals surface area contributed by atoms with Crippen LogP contribution in [0.25, 0.3) is 22.3 Å². The van der Waals surface area contributed by atoms with Crippen LogP contribution in [0.5, 0.6) is 5.75 Å². The van der Waals surface area contributed by atoms with E-state index in [2.05, 4.69) is 9.97 Å². The molecule has 27 heavy (non-hydrogen) atoms. The summed E-state index contributed by atoms with van der Waals surface area (Å²) in [5.41, 5.74) is 0.0224. The van der Waals surface area contributed by atoms with Crippen molar-refractivity contribution in [2.75, 3.05) is 13.2 Å². The topological polar surface area (TPSA) is 103 Å². The molecule has 0 amide bonds. The van der Waals surface area contributed by atoms with Gasteiger partial charge in [0.05, 0.1) is 29.9 Å². The van der Waals surface area contributed by atoms with Gasteiger partial charge in [0.1, 0.15) is 5.75 Å². The standard InChI is InChI=1S/C19H19N3O5/c1-4-26-12-8-6-11(7-9-12)14-10-13(18(24)27-5-2)15-16(20-14)22(3)19(25)21-17(15)23/h6-10H,4-5H2,1-3H3,(H,21,23,25). The molecule has 0 unspecified atom stereocenters. The molecule has 140 valence electrons. The molecule has 3 aromatic rings. The van der Waals surface area contributed by atoms with E-state index in [1.807, 2.05) is 6.92 Å². The lowest BCUT2D eigenvalue weighted by Crippen LogP contribution is -2.30. The Hall–Kier alpha value is -3.42. The molecule has 0 bridgehead atoms. The minimum atomic E-state index is -0.679. The molecule has 0 aliphatic rings. The SMILES string of the molecule is CCOC(=O)c1cc(-c2ccc(OCC)cc2)nc2c1c(=O)[nH]c(=O)n2C. The van der Waals surface area contributed by atoms with Crippen molar-refractivity contribution in [2.45, 2.75) is 13.8 Å². The Morgan fingerprint density at radius 1 is 1.15 bits per heavy atom. The molecule has 8 nitrogen and oxygen atoms in total. The zero-order valence-electron chi connectivity index (χ0n) is 15.2. The molecule has 8 heteroatoms. The number of hydrogen-bond acceptors (Lipinski definition) is 6. The number of carbonyl (C=O) groups excluding carboxylic acids is 1. The molecule has 0 atom stereocenters. The Labute approximate surface area is 154 Å². The maximum atomic E-state index is 12.4. The van der Waals surface area contributed by atoms with Crippen LogP contribution in [0.1, 0.15) is 24.2 Å². The number of rotatable bonds is 5. The summed E-state index contributed by atoms with van der Waals surface area (Å²) < 4.78 is 11.7. The van der Waals surface area contributed by atoms with E-state index >= 15 is 0 Å². The molecule has 1 aromatic carbocycles. The fourth-order valence-corrected chi connectivity index (χ4v) is 2.74. The lowest BCUT2D eigenvalue weighted by molar-refractivity contribution is 0.0528. The van der Waals surface area contributed by atoms with Crippen molar-refractivity contribution >= 4 is 17.0 Å². The third-order valence-electron chi connectivity index (χ3n) is 4.03. The highest BCUT2D eigenvalue weighted by atomic mass is 16.5. The van der Waals surface area contributed by atoms with Crippen LogP contribution in [0.3, 0.4) is 0 Å². The van der Waals surface area contributed by atoms with E-state index in [9.17, 15) is 14.4 Å². The molecule has 0 spiro atoms. The van der Waals surface area contributed by atoms with Crippen LogP contribution < -0.4 is 16.0 Å². The first kappa shape index (κ1) is 18.4. The Morgan fingerprint density at radius 3 is 2.48 bits per heavy atom. The number of ether oxygens (including phenoxy) is 2. The lowest BCUT2D eigenvalue weighted by atomic mass is 10.1. The maximum Gasteiger partial charge on any atom is 0.339 e. The second-order valence-electron chi connectivity index (χ2n) is 5.75. The number of fused-ring (bicyclic) bond motifs is 1. The van der Waals surface area contributed by atoms with Crippen LogP contribution in [0.2, 0.25) is 0 Å². The number of nitrogens with one attached hydrogen (secondary N) is 1. The first-order valence-corrected chi connectivity index (χ1v) is 8.50. The van der Waals surface area contributed by atoms with Gasteiger partial charge in [0, 0.05) is 12.6 Å². The van der Waals surface area contributed by atoms with Gasteiger partial charge in [0.25, 0.3) is 5.56 Å². The van der Waals surface area contributed by atoms with Gasteiger partial charge in [-0.1, -0.05) is 0 Å². The van der Waals surface area contributed by atoms with Crippen LogP contribution in [0.15, 0.2) is 39.9 Å². The number of aromatic nitrogens is 3. The predicted molar refractivity (Wildman–Crippen MR) is 100 cm³/mol. The normalized spacial score (nSPS) is 10.8. The molecule has 2 aromatic heterocycles. The molecule has 3 rings (SSSR count). The van der Waals surface area contributed by atoms with Crippen molar-refractivity contribution in [3.63, 3.8) is 0 Å². The number of nitrogens with zero attached hydrogens (tertiary/aromatic N) is 2. The summed E-state index contributed by atoms with van der Waals surface area (Å²) in [6, 6.07) is 8.64. The number of hydrogen-bond donors (Lipinski definition) is 1. The second kappa shape index (κ2) is 7.45. The van der Waals surface area contributed by atoms with Gasteiger partial charge < -0.3 is 9.47 Å². The van der Waals surface area contributed by atoms with Crippen molar-refractivity contribution < 1.29 is 14.3 Å². The Morgan fingerprint density at radius 2 is 1.85 bits per heavy atom. The van der Waals surface area contributed by atoms with Crippen LogP contribution in [0, 0.1) is 0 Å². The van der Waals surface area contributed by atoms with Crippen molar-refractivity contribution in [2.24, 2.45) is 7.05 Å². The molecule has 1 N–H and O–H groups in total. The summed E-state index contributed by atoms with van der Waals surface area (Å²) in [4.78, 5) is 43.3. The van der Waals surface area contributed by atoms with Gasteiger partial charge in [0.2, 0.25) is 0 Å². The largest absolute Gasteiger partial charge is 0.494 e. The number of aromatic amines is 1. The maximum absolute atomic E-state index is 12.4. The molecule has 0 aliphatic carbocycles. The van der Waals surface area contributed by atoms with Crippen LogP contribution in [-0.4, -0.2) is 33.7 Å². The van der Waals surface area contributed by atoms with E-state index in [0.717, 1.165) is 0 Å². The van der Waals surface area contributed by atoms with Gasteiger partial charge >= 0.3 is 11.7 Å². The van der Waals surface area contributed by atoms with Crippen LogP contribution >= 0.6 is 0 Å². The highest BCUT2D eigenvalue weighted by Crippen LogP contribution is 2.25. The van der Waals surface area contributed by atoms with Crippen molar-refractivity contribution in [1.82, 2.24) is 14.5 Å². The van der Waals surface area contributed by atoms with Crippen LogP contribution in [0.4, 0.5) is 0 Å². The zero-order chi connectivity index (χ0) is 19.6. The van der Waals surface area contributed by atoms with Gasteiger partial charge in [0.15, 0.2) is 5.65 Å². The number of aryl methyl sites for hydroxylation is 1. The van der Waals surface area contributed by atoms with Crippen molar-refractivity contribution in [1.29, 1.82) is 0 Å². The highest BCUT2D eigenvalue weighted by molar-refractivity contribution is 6.03. The summed E-state index contributed by atoms with van der Waals surface area (Å²) in [7, 11) is 1.48. The predicted octanol–water partition coefficient (Wildman–Crippen LogP) is 1.86. The molecule has 2 heterocycles. The lowest BCUT2D eigenvalue weighted by Gasteiger charge is -2.11. The number of H-pyrrole nitrogens is 1. The molecular weight excluding hydrogens is 350 g/mol. The van der Waals surface area contributed by atoms with E-state index < -0.39 is 17.2 Å². The van der Waals surface area contributed by atoms with Gasteiger partial charge in [-0.15, -0.1) is 0 Å². The Balaban J connectivity index is 2.28. The number of carbonyl (C=O) groups is 1. The zero-order valence-corrected chi connectivity index (χ0v) is 15.2. The average Bonchev–Trinajstić information content (AvgIpc) is 2.66. The summed E-state index contributed by atoms with van der Waals surface area (Å²) in [6.45, 7) is 4.27. The third kappa shape index (κ3) is 3.46. The Bertz CT molecular complexity index is 1110. The van der Waals surface area contributed by atoms with Gasteiger partial charge in [-0.05, 0) is 44.2 Å². The summed E-state index contributed by atoms with van der Waals surface area (Å²) in [5.74, 6) is 0.0535. The van der Waals surface area contributed by atoms with Crippen LogP contribution in [-0.2, 0) is 11.8 Å². The van der Waals surface area contributed by atoms with E-state index in [-0.39, 0.29) is 23.2 Å². The van der Waals surface area contributed by atoms with Gasteiger partial charge in [-0.25, -0.2) is 14.6 Å². The summed E-state index contributed by atoms with van der Waals surface area (Å²) >= 11 is 0.